The Labute approximate surface area is 196 Å². The lowest BCUT2D eigenvalue weighted by Crippen LogP contribution is -2.20. The summed E-state index contributed by atoms with van der Waals surface area (Å²) >= 11 is 1.49. The van der Waals surface area contributed by atoms with Crippen molar-refractivity contribution >= 4 is 27.9 Å². The molecule has 170 valence electrons. The van der Waals surface area contributed by atoms with Gasteiger partial charge >= 0.3 is 0 Å². The Balaban J connectivity index is 1.15. The number of aromatic nitrogens is 4. The second-order valence-corrected chi connectivity index (χ2v) is 9.35. The molecule has 0 aliphatic heterocycles. The average Bonchev–Trinajstić information content (AvgIpc) is 3.45. The van der Waals surface area contributed by atoms with Crippen molar-refractivity contribution in [3.8, 4) is 16.3 Å². The smallest absolute Gasteiger partial charge is 0.262 e. The summed E-state index contributed by atoms with van der Waals surface area (Å²) in [6.45, 7) is 2.00. The summed E-state index contributed by atoms with van der Waals surface area (Å²) in [6.07, 6.45) is 7.32. The first-order valence-corrected chi connectivity index (χ1v) is 12.4. The van der Waals surface area contributed by atoms with Gasteiger partial charge in [-0.05, 0) is 60.7 Å². The number of rotatable bonds is 7. The van der Waals surface area contributed by atoms with Crippen LogP contribution in [0.3, 0.4) is 0 Å². The molecule has 33 heavy (non-hydrogen) atoms. The molecule has 7 nitrogen and oxygen atoms in total. The molecule has 1 saturated carbocycles. The van der Waals surface area contributed by atoms with E-state index in [1.807, 2.05) is 43.3 Å². The van der Waals surface area contributed by atoms with Gasteiger partial charge in [0.2, 0.25) is 4.96 Å². The predicted octanol–water partition coefficient (Wildman–Crippen LogP) is 5.48. The zero-order chi connectivity index (χ0) is 22.6. The quantitative estimate of drug-likeness (QED) is 0.394. The third kappa shape index (κ3) is 4.90. The maximum atomic E-state index is 12.3. The maximum Gasteiger partial charge on any atom is 0.262 e. The fraction of sp³-hybridized carbons (Fsp3) is 0.360. The van der Waals surface area contributed by atoms with Crippen molar-refractivity contribution in [3.63, 3.8) is 0 Å². The molecule has 0 atom stereocenters. The minimum atomic E-state index is -0.189. The number of carbonyl (C=O) groups excluding carboxylic acids is 1. The van der Waals surface area contributed by atoms with E-state index < -0.39 is 0 Å². The highest BCUT2D eigenvalue weighted by Crippen LogP contribution is 2.33. The number of nitrogens with zero attached hydrogens (tertiary/aromatic N) is 4. The van der Waals surface area contributed by atoms with Crippen LogP contribution in [0.2, 0.25) is 0 Å². The fourth-order valence-corrected chi connectivity index (χ4v) is 5.17. The van der Waals surface area contributed by atoms with E-state index in [-0.39, 0.29) is 12.5 Å². The molecule has 0 radical (unpaired) electrons. The van der Waals surface area contributed by atoms with Gasteiger partial charge in [-0.2, -0.15) is 9.61 Å². The van der Waals surface area contributed by atoms with Crippen LogP contribution in [-0.2, 0) is 11.2 Å². The highest BCUT2D eigenvalue weighted by atomic mass is 32.1. The lowest BCUT2D eigenvalue weighted by atomic mass is 9.84. The van der Waals surface area contributed by atoms with E-state index in [0.29, 0.717) is 5.92 Å². The monoisotopic (exact) mass is 461 g/mol. The molecule has 0 bridgehead atoms. The summed E-state index contributed by atoms with van der Waals surface area (Å²) in [6, 6.07) is 15.8. The number of hydrogen-bond acceptors (Lipinski definition) is 6. The zero-order valence-electron chi connectivity index (χ0n) is 18.7. The summed E-state index contributed by atoms with van der Waals surface area (Å²) < 4.78 is 7.47. The van der Waals surface area contributed by atoms with Gasteiger partial charge in [0.15, 0.2) is 12.4 Å². The van der Waals surface area contributed by atoms with Crippen molar-refractivity contribution in [3.05, 3.63) is 59.9 Å². The number of hydrogen-bond donors (Lipinski definition) is 1. The van der Waals surface area contributed by atoms with Crippen molar-refractivity contribution in [1.29, 1.82) is 0 Å². The van der Waals surface area contributed by atoms with Gasteiger partial charge in [-0.15, -0.1) is 10.2 Å². The van der Waals surface area contributed by atoms with E-state index in [0.717, 1.165) is 39.2 Å². The van der Waals surface area contributed by atoms with Crippen LogP contribution < -0.4 is 10.1 Å². The standard InChI is InChI=1S/C25H27N5O2S/c1-2-22-27-28-25-30(22)29-24(33-25)19-8-12-20(13-9-19)26-23(31)16-32-21-14-10-18(11-15-21)17-6-4-3-5-7-17/h8-15,17H,2-7,16H2,1H3,(H,26,31). The third-order valence-electron chi connectivity index (χ3n) is 6.11. The van der Waals surface area contributed by atoms with Crippen LogP contribution in [0.25, 0.3) is 15.5 Å². The van der Waals surface area contributed by atoms with E-state index in [4.69, 9.17) is 4.74 Å². The molecule has 1 amide bonds. The first kappa shape index (κ1) is 21.6. The number of amides is 1. The second-order valence-electron chi connectivity index (χ2n) is 8.39. The van der Waals surface area contributed by atoms with Crippen molar-refractivity contribution in [2.24, 2.45) is 0 Å². The van der Waals surface area contributed by atoms with Gasteiger partial charge in [-0.25, -0.2) is 0 Å². The first-order valence-electron chi connectivity index (χ1n) is 11.5. The van der Waals surface area contributed by atoms with Gasteiger partial charge in [0.1, 0.15) is 10.8 Å². The van der Waals surface area contributed by atoms with E-state index in [2.05, 4.69) is 32.7 Å². The molecule has 0 spiro atoms. The minimum absolute atomic E-state index is 0.0268. The normalized spacial score (nSPS) is 14.5. The summed E-state index contributed by atoms with van der Waals surface area (Å²) in [7, 11) is 0. The number of fused-ring (bicyclic) bond motifs is 1. The highest BCUT2D eigenvalue weighted by Gasteiger charge is 2.15. The summed E-state index contributed by atoms with van der Waals surface area (Å²) in [5.74, 6) is 2.04. The van der Waals surface area contributed by atoms with Gasteiger partial charge in [-0.3, -0.25) is 4.79 Å². The molecule has 1 fully saturated rings. The number of benzene rings is 2. The Hall–Kier alpha value is -3.26. The maximum absolute atomic E-state index is 12.3. The molecule has 5 rings (SSSR count). The Morgan fingerprint density at radius 1 is 1.06 bits per heavy atom. The van der Waals surface area contributed by atoms with Crippen molar-refractivity contribution < 1.29 is 9.53 Å². The molecule has 1 aliphatic rings. The molecule has 0 saturated heterocycles. The molecule has 2 heterocycles. The number of aryl methyl sites for hydroxylation is 1. The SMILES string of the molecule is CCc1nnc2sc(-c3ccc(NC(=O)COc4ccc(C5CCCCC5)cc4)cc3)nn12. The van der Waals surface area contributed by atoms with Crippen molar-refractivity contribution in [1.82, 2.24) is 19.8 Å². The fourth-order valence-electron chi connectivity index (χ4n) is 4.31. The molecular formula is C25H27N5O2S. The van der Waals surface area contributed by atoms with E-state index in [1.165, 1.54) is 49.0 Å². The van der Waals surface area contributed by atoms with Crippen LogP contribution in [0.15, 0.2) is 48.5 Å². The highest BCUT2D eigenvalue weighted by molar-refractivity contribution is 7.19. The topological polar surface area (TPSA) is 81.4 Å². The predicted molar refractivity (Wildman–Crippen MR) is 130 cm³/mol. The molecule has 1 N–H and O–H groups in total. The van der Waals surface area contributed by atoms with E-state index >= 15 is 0 Å². The molecule has 1 aliphatic carbocycles. The number of ether oxygens (including phenoxy) is 1. The van der Waals surface area contributed by atoms with Crippen LogP contribution in [-0.4, -0.2) is 32.3 Å². The van der Waals surface area contributed by atoms with E-state index in [1.54, 1.807) is 4.52 Å². The van der Waals surface area contributed by atoms with Crippen LogP contribution in [0.5, 0.6) is 5.75 Å². The lowest BCUT2D eigenvalue weighted by Gasteiger charge is -2.22. The molecule has 4 aromatic rings. The summed E-state index contributed by atoms with van der Waals surface area (Å²) in [5, 5.41) is 16.6. The average molecular weight is 462 g/mol. The van der Waals surface area contributed by atoms with Crippen molar-refractivity contribution in [2.75, 3.05) is 11.9 Å². The molecule has 8 heteroatoms. The van der Waals surface area contributed by atoms with Crippen LogP contribution >= 0.6 is 11.3 Å². The van der Waals surface area contributed by atoms with E-state index in [9.17, 15) is 4.79 Å². The van der Waals surface area contributed by atoms with Crippen molar-refractivity contribution in [2.45, 2.75) is 51.4 Å². The lowest BCUT2D eigenvalue weighted by molar-refractivity contribution is -0.118. The minimum Gasteiger partial charge on any atom is -0.484 e. The Morgan fingerprint density at radius 2 is 1.82 bits per heavy atom. The van der Waals surface area contributed by atoms with Crippen LogP contribution in [0.1, 0.15) is 56.3 Å². The Bertz CT molecular complexity index is 1220. The van der Waals surface area contributed by atoms with Gasteiger partial charge in [0.25, 0.3) is 5.91 Å². The molecule has 0 unspecified atom stereocenters. The summed E-state index contributed by atoms with van der Waals surface area (Å²) in [5.41, 5.74) is 3.07. The van der Waals surface area contributed by atoms with Gasteiger partial charge in [-0.1, -0.05) is 49.7 Å². The second kappa shape index (κ2) is 9.70. The third-order valence-corrected chi connectivity index (χ3v) is 7.06. The van der Waals surface area contributed by atoms with Gasteiger partial charge in [0, 0.05) is 17.7 Å². The van der Waals surface area contributed by atoms with Gasteiger partial charge in [0.05, 0.1) is 0 Å². The van der Waals surface area contributed by atoms with Gasteiger partial charge < -0.3 is 10.1 Å². The Kier molecular flexibility index (Phi) is 6.35. The van der Waals surface area contributed by atoms with Crippen LogP contribution in [0.4, 0.5) is 5.69 Å². The molecule has 2 aromatic carbocycles. The molecular weight excluding hydrogens is 434 g/mol. The number of nitrogens with one attached hydrogen (secondary N) is 1. The summed E-state index contributed by atoms with van der Waals surface area (Å²) in [4.78, 5) is 13.1. The van der Waals surface area contributed by atoms with Crippen LogP contribution in [0, 0.1) is 0 Å². The zero-order valence-corrected chi connectivity index (χ0v) is 19.5. The first-order chi connectivity index (χ1) is 16.2. The molecule has 2 aromatic heterocycles. The largest absolute Gasteiger partial charge is 0.484 e. The Morgan fingerprint density at radius 3 is 2.55 bits per heavy atom. The number of anilines is 1. The number of carbonyl (C=O) groups is 1.